The zero-order valence-electron chi connectivity index (χ0n) is 23.7. The monoisotopic (exact) mass is 577 g/mol. The number of esters is 1. The summed E-state index contributed by atoms with van der Waals surface area (Å²) in [6, 6.07) is 0. The SMILES string of the molecule is COC(=O)CCCCCCCCCCCC(=O)NC(COCCC(=O)O)(COCCC(=O)O)COCCC(=O)O. The van der Waals surface area contributed by atoms with Gasteiger partial charge in [0.05, 0.1) is 66.0 Å². The summed E-state index contributed by atoms with van der Waals surface area (Å²) < 4.78 is 21.1. The maximum atomic E-state index is 12.8. The van der Waals surface area contributed by atoms with Crippen LogP contribution in [0.5, 0.6) is 0 Å². The zero-order chi connectivity index (χ0) is 30.1. The number of carbonyl (C=O) groups excluding carboxylic acids is 2. The molecule has 0 fully saturated rings. The fraction of sp³-hybridized carbons (Fsp3) is 0.815. The predicted octanol–water partition coefficient (Wildman–Crippen LogP) is 2.78. The Morgan fingerprint density at radius 1 is 0.550 bits per heavy atom. The summed E-state index contributed by atoms with van der Waals surface area (Å²) in [6.07, 6.45) is 8.56. The van der Waals surface area contributed by atoms with Crippen molar-refractivity contribution in [1.29, 1.82) is 0 Å². The van der Waals surface area contributed by atoms with E-state index in [1.807, 2.05) is 0 Å². The van der Waals surface area contributed by atoms with Gasteiger partial charge in [-0.25, -0.2) is 0 Å². The molecule has 0 heterocycles. The summed E-state index contributed by atoms with van der Waals surface area (Å²) in [7, 11) is 1.39. The normalized spacial score (nSPS) is 11.2. The van der Waals surface area contributed by atoms with Crippen LogP contribution in [0, 0.1) is 0 Å². The van der Waals surface area contributed by atoms with Crippen LogP contribution in [0.1, 0.15) is 89.9 Å². The summed E-state index contributed by atoms with van der Waals surface area (Å²) in [5.74, 6) is -3.63. The van der Waals surface area contributed by atoms with Crippen LogP contribution in [-0.2, 0) is 42.9 Å². The topological polar surface area (TPSA) is 195 Å². The lowest BCUT2D eigenvalue weighted by molar-refractivity contribution is -0.141. The van der Waals surface area contributed by atoms with Crippen molar-refractivity contribution in [3.8, 4) is 0 Å². The fourth-order valence-corrected chi connectivity index (χ4v) is 3.77. The number of carbonyl (C=O) groups is 5. The molecule has 13 heteroatoms. The third kappa shape index (κ3) is 23.1. The van der Waals surface area contributed by atoms with Gasteiger partial charge in [0.25, 0.3) is 0 Å². The van der Waals surface area contributed by atoms with E-state index in [4.69, 9.17) is 29.5 Å². The van der Waals surface area contributed by atoms with Crippen LogP contribution in [0.2, 0.25) is 0 Å². The Labute approximate surface area is 235 Å². The maximum absolute atomic E-state index is 12.8. The molecule has 40 heavy (non-hydrogen) atoms. The average molecular weight is 578 g/mol. The van der Waals surface area contributed by atoms with Gasteiger partial charge in [0, 0.05) is 12.8 Å². The number of hydrogen-bond acceptors (Lipinski definition) is 9. The number of carboxylic acid groups (broad SMARTS) is 3. The van der Waals surface area contributed by atoms with Gasteiger partial charge in [-0.15, -0.1) is 0 Å². The highest BCUT2D eigenvalue weighted by Crippen LogP contribution is 2.14. The van der Waals surface area contributed by atoms with Crippen LogP contribution < -0.4 is 5.32 Å². The lowest BCUT2D eigenvalue weighted by Crippen LogP contribution is -2.58. The molecule has 0 radical (unpaired) electrons. The Morgan fingerprint density at radius 2 is 0.900 bits per heavy atom. The number of ether oxygens (including phenoxy) is 4. The third-order valence-electron chi connectivity index (χ3n) is 5.93. The van der Waals surface area contributed by atoms with Crippen LogP contribution in [0.15, 0.2) is 0 Å². The molecule has 1 amide bonds. The number of carboxylic acids is 3. The molecular formula is C27H47NO12. The highest BCUT2D eigenvalue weighted by atomic mass is 16.5. The third-order valence-corrected chi connectivity index (χ3v) is 5.93. The van der Waals surface area contributed by atoms with Gasteiger partial charge in [-0.2, -0.15) is 0 Å². The number of amides is 1. The average Bonchev–Trinajstić information content (AvgIpc) is 2.89. The number of nitrogens with one attached hydrogen (secondary N) is 1. The second-order valence-corrected chi connectivity index (χ2v) is 9.68. The van der Waals surface area contributed by atoms with E-state index < -0.39 is 23.4 Å². The molecule has 0 atom stereocenters. The number of aliphatic carboxylic acids is 3. The van der Waals surface area contributed by atoms with Gasteiger partial charge in [-0.05, 0) is 12.8 Å². The number of methoxy groups -OCH3 is 1. The molecule has 13 nitrogen and oxygen atoms in total. The van der Waals surface area contributed by atoms with E-state index in [-0.39, 0.29) is 77.2 Å². The molecule has 4 N–H and O–H groups in total. The Balaban J connectivity index is 4.69. The molecule has 0 spiro atoms. The summed E-state index contributed by atoms with van der Waals surface area (Å²) in [5.41, 5.74) is -1.25. The fourth-order valence-electron chi connectivity index (χ4n) is 3.77. The molecule has 0 rings (SSSR count). The van der Waals surface area contributed by atoms with Gasteiger partial charge >= 0.3 is 23.9 Å². The van der Waals surface area contributed by atoms with E-state index in [0.717, 1.165) is 51.4 Å². The summed E-state index contributed by atoms with van der Waals surface area (Å²) >= 11 is 0. The van der Waals surface area contributed by atoms with Crippen molar-refractivity contribution in [1.82, 2.24) is 5.32 Å². The van der Waals surface area contributed by atoms with Crippen LogP contribution in [0.25, 0.3) is 0 Å². The molecule has 0 aromatic rings. The van der Waals surface area contributed by atoms with E-state index in [0.29, 0.717) is 12.8 Å². The Kier molecular flexibility index (Phi) is 22.4. The Hall–Kier alpha value is -2.77. The molecule has 0 bridgehead atoms. The minimum atomic E-state index is -1.25. The minimum absolute atomic E-state index is 0.123. The molecule has 232 valence electrons. The first-order valence-electron chi connectivity index (χ1n) is 13.9. The molecule has 0 aromatic heterocycles. The summed E-state index contributed by atoms with van der Waals surface area (Å²) in [4.78, 5) is 56.4. The molecule has 0 unspecified atom stereocenters. The molecule has 0 aliphatic carbocycles. The lowest BCUT2D eigenvalue weighted by atomic mass is 10.0. The van der Waals surface area contributed by atoms with Crippen LogP contribution in [-0.4, -0.2) is 97.4 Å². The maximum Gasteiger partial charge on any atom is 0.305 e. The van der Waals surface area contributed by atoms with Crippen molar-refractivity contribution in [2.75, 3.05) is 46.8 Å². The van der Waals surface area contributed by atoms with Gasteiger partial charge < -0.3 is 39.6 Å². The highest BCUT2D eigenvalue weighted by molar-refractivity contribution is 5.76. The quantitative estimate of drug-likeness (QED) is 0.0785. The standard InChI is InChI=1S/C27H47NO12/c1-37-26(36)12-10-8-6-4-2-3-5-7-9-11-22(29)28-27(19-38-16-13-23(30)31,20-39-17-14-24(32)33)21-40-18-15-25(34)35/h2-21H2,1H3,(H,28,29)(H,30,31)(H,32,33)(H,34,35). The molecule has 0 aliphatic rings. The van der Waals surface area contributed by atoms with Crippen molar-refractivity contribution in [2.24, 2.45) is 0 Å². The van der Waals surface area contributed by atoms with Gasteiger partial charge in [-0.1, -0.05) is 44.9 Å². The molecule has 0 saturated carbocycles. The Bertz CT molecular complexity index is 688. The van der Waals surface area contributed by atoms with Crippen molar-refractivity contribution in [3.63, 3.8) is 0 Å². The minimum Gasteiger partial charge on any atom is -0.481 e. The van der Waals surface area contributed by atoms with E-state index in [9.17, 15) is 24.0 Å². The second kappa shape index (κ2) is 24.1. The molecule has 0 saturated heterocycles. The van der Waals surface area contributed by atoms with Gasteiger partial charge in [0.15, 0.2) is 0 Å². The highest BCUT2D eigenvalue weighted by Gasteiger charge is 2.34. The van der Waals surface area contributed by atoms with E-state index in [1.54, 1.807) is 0 Å². The van der Waals surface area contributed by atoms with Crippen molar-refractivity contribution < 1.29 is 58.2 Å². The number of hydrogen-bond donors (Lipinski definition) is 4. The summed E-state index contributed by atoms with van der Waals surface area (Å²) in [6.45, 7) is -0.850. The summed E-state index contributed by atoms with van der Waals surface area (Å²) in [5, 5.41) is 29.4. The van der Waals surface area contributed by atoms with Crippen molar-refractivity contribution in [2.45, 2.75) is 95.4 Å². The molecular weight excluding hydrogens is 530 g/mol. The smallest absolute Gasteiger partial charge is 0.305 e. The van der Waals surface area contributed by atoms with Gasteiger partial charge in [0.1, 0.15) is 5.54 Å². The second-order valence-electron chi connectivity index (χ2n) is 9.68. The zero-order valence-corrected chi connectivity index (χ0v) is 23.7. The first kappa shape index (κ1) is 37.2. The van der Waals surface area contributed by atoms with Crippen LogP contribution in [0.3, 0.4) is 0 Å². The van der Waals surface area contributed by atoms with Crippen LogP contribution >= 0.6 is 0 Å². The van der Waals surface area contributed by atoms with Gasteiger partial charge in [0.2, 0.25) is 5.91 Å². The largest absolute Gasteiger partial charge is 0.481 e. The first-order valence-corrected chi connectivity index (χ1v) is 13.9. The Morgan fingerprint density at radius 3 is 1.25 bits per heavy atom. The van der Waals surface area contributed by atoms with E-state index >= 15 is 0 Å². The number of unbranched alkanes of at least 4 members (excludes halogenated alkanes) is 8. The van der Waals surface area contributed by atoms with Crippen molar-refractivity contribution >= 4 is 29.8 Å². The molecule has 0 aromatic carbocycles. The van der Waals surface area contributed by atoms with E-state index in [2.05, 4.69) is 10.1 Å². The lowest BCUT2D eigenvalue weighted by Gasteiger charge is -2.34. The first-order chi connectivity index (χ1) is 19.1. The predicted molar refractivity (Wildman–Crippen MR) is 143 cm³/mol. The number of rotatable bonds is 28. The molecule has 0 aliphatic heterocycles. The van der Waals surface area contributed by atoms with Crippen molar-refractivity contribution in [3.05, 3.63) is 0 Å². The van der Waals surface area contributed by atoms with Gasteiger partial charge in [-0.3, -0.25) is 24.0 Å². The van der Waals surface area contributed by atoms with Crippen LogP contribution in [0.4, 0.5) is 0 Å². The van der Waals surface area contributed by atoms with E-state index in [1.165, 1.54) is 7.11 Å².